The molecule has 1 aliphatic rings. The number of carbonyl (C=O) groups excluding carboxylic acids is 3. The molecule has 1 heterocycles. The molecule has 128 valence electrons. The van der Waals surface area contributed by atoms with Gasteiger partial charge >= 0.3 is 5.97 Å². The summed E-state index contributed by atoms with van der Waals surface area (Å²) in [6.07, 6.45) is 0.0837. The number of rotatable bonds is 4. The molecular weight excluding hydrogens is 320 g/mol. The molecule has 1 unspecified atom stereocenters. The minimum atomic E-state index is -0.573. The molecule has 0 saturated carbocycles. The number of carbonyl (C=O) groups is 3. The lowest BCUT2D eigenvalue weighted by atomic mass is 9.90. The molecule has 0 bridgehead atoms. The van der Waals surface area contributed by atoms with Crippen molar-refractivity contribution < 1.29 is 19.1 Å². The van der Waals surface area contributed by atoms with Crippen molar-refractivity contribution in [2.24, 2.45) is 0 Å². The summed E-state index contributed by atoms with van der Waals surface area (Å²) in [5.41, 5.74) is 2.28. The number of benzene rings is 2. The molecule has 0 spiro atoms. The average Bonchev–Trinajstić information content (AvgIpc) is 2.61. The lowest BCUT2D eigenvalue weighted by Crippen LogP contribution is -2.30. The first-order chi connectivity index (χ1) is 12.1. The Morgan fingerprint density at radius 1 is 1.20 bits per heavy atom. The van der Waals surface area contributed by atoms with Gasteiger partial charge in [-0.3, -0.25) is 9.59 Å². The smallest absolute Gasteiger partial charge is 0.338 e. The van der Waals surface area contributed by atoms with Crippen LogP contribution in [0.1, 0.15) is 35.2 Å². The van der Waals surface area contributed by atoms with Gasteiger partial charge in [0.15, 0.2) is 0 Å². The Morgan fingerprint density at radius 3 is 2.80 bits per heavy atom. The molecule has 0 radical (unpaired) electrons. The van der Waals surface area contributed by atoms with Crippen molar-refractivity contribution in [2.75, 3.05) is 17.2 Å². The van der Waals surface area contributed by atoms with E-state index in [1.54, 1.807) is 37.3 Å². The lowest BCUT2D eigenvalue weighted by Gasteiger charge is -2.24. The molecule has 2 aromatic rings. The zero-order valence-corrected chi connectivity index (χ0v) is 13.7. The van der Waals surface area contributed by atoms with Crippen LogP contribution in [-0.4, -0.2) is 24.4 Å². The zero-order valence-electron chi connectivity index (χ0n) is 13.7. The number of hydrogen-bond acceptors (Lipinski definition) is 4. The first-order valence-electron chi connectivity index (χ1n) is 8.05. The van der Waals surface area contributed by atoms with Crippen molar-refractivity contribution in [2.45, 2.75) is 19.3 Å². The number of nitrogens with one attached hydrogen (secondary N) is 2. The van der Waals surface area contributed by atoms with Crippen LogP contribution in [0.15, 0.2) is 48.5 Å². The second-order valence-corrected chi connectivity index (χ2v) is 5.68. The van der Waals surface area contributed by atoms with E-state index in [1.807, 2.05) is 18.2 Å². The second kappa shape index (κ2) is 7.17. The quantitative estimate of drug-likeness (QED) is 0.840. The van der Waals surface area contributed by atoms with Crippen LogP contribution in [0.25, 0.3) is 0 Å². The normalized spacial score (nSPS) is 15.7. The van der Waals surface area contributed by atoms with Crippen molar-refractivity contribution in [3.8, 4) is 0 Å². The molecule has 0 aromatic heterocycles. The maximum absolute atomic E-state index is 12.7. The Morgan fingerprint density at radius 2 is 2.00 bits per heavy atom. The van der Waals surface area contributed by atoms with E-state index in [1.165, 1.54) is 0 Å². The van der Waals surface area contributed by atoms with Crippen LogP contribution in [0.5, 0.6) is 0 Å². The molecule has 2 aromatic carbocycles. The molecule has 0 saturated heterocycles. The van der Waals surface area contributed by atoms with Crippen LogP contribution in [0, 0.1) is 0 Å². The van der Waals surface area contributed by atoms with E-state index in [2.05, 4.69) is 10.6 Å². The van der Waals surface area contributed by atoms with E-state index in [9.17, 15) is 14.4 Å². The predicted octanol–water partition coefficient (Wildman–Crippen LogP) is 2.93. The molecule has 1 atom stereocenters. The highest BCUT2D eigenvalue weighted by atomic mass is 16.5. The van der Waals surface area contributed by atoms with Gasteiger partial charge in [-0.25, -0.2) is 4.79 Å². The summed E-state index contributed by atoms with van der Waals surface area (Å²) in [6.45, 7) is 2.01. The lowest BCUT2D eigenvalue weighted by molar-refractivity contribution is -0.123. The standard InChI is InChI=1S/C19H18N2O4/c1-2-25-19(24)12-6-5-7-13(10-12)20-18(23)15-11-17(22)21-16-9-4-3-8-14(15)16/h3-10,15H,2,11H2,1H3,(H,20,23)(H,21,22). The average molecular weight is 338 g/mol. The van der Waals surface area contributed by atoms with Crippen LogP contribution in [-0.2, 0) is 14.3 Å². The first kappa shape index (κ1) is 16.7. The van der Waals surface area contributed by atoms with Crippen LogP contribution < -0.4 is 10.6 Å². The van der Waals surface area contributed by atoms with Gasteiger partial charge in [-0.15, -0.1) is 0 Å². The van der Waals surface area contributed by atoms with E-state index in [0.717, 1.165) is 5.56 Å². The number of ether oxygens (including phenoxy) is 1. The Bertz CT molecular complexity index is 832. The third-order valence-corrected chi connectivity index (χ3v) is 3.96. The number of esters is 1. The van der Waals surface area contributed by atoms with Crippen LogP contribution in [0.3, 0.4) is 0 Å². The van der Waals surface area contributed by atoms with Crippen molar-refractivity contribution in [1.29, 1.82) is 0 Å². The molecule has 6 heteroatoms. The summed E-state index contributed by atoms with van der Waals surface area (Å²) < 4.78 is 4.96. The van der Waals surface area contributed by atoms with Gasteiger partial charge < -0.3 is 15.4 Å². The van der Waals surface area contributed by atoms with Crippen molar-refractivity contribution >= 4 is 29.2 Å². The van der Waals surface area contributed by atoms with Crippen LogP contribution in [0.4, 0.5) is 11.4 Å². The number of amides is 2. The van der Waals surface area contributed by atoms with E-state index >= 15 is 0 Å². The Kier molecular flexibility index (Phi) is 4.79. The van der Waals surface area contributed by atoms with Crippen LogP contribution in [0.2, 0.25) is 0 Å². The SMILES string of the molecule is CCOC(=O)c1cccc(NC(=O)C2CC(=O)Nc3ccccc32)c1. The summed E-state index contributed by atoms with van der Waals surface area (Å²) in [6, 6.07) is 13.8. The Hall–Kier alpha value is -3.15. The predicted molar refractivity (Wildman–Crippen MR) is 93.5 cm³/mol. The van der Waals surface area contributed by atoms with Gasteiger partial charge in [0, 0.05) is 17.8 Å². The summed E-state index contributed by atoms with van der Waals surface area (Å²) in [7, 11) is 0. The highest BCUT2D eigenvalue weighted by Gasteiger charge is 2.30. The number of hydrogen-bond donors (Lipinski definition) is 2. The fourth-order valence-corrected chi connectivity index (χ4v) is 2.81. The number of para-hydroxylation sites is 1. The Balaban J connectivity index is 1.80. The molecule has 2 amide bonds. The van der Waals surface area contributed by atoms with E-state index < -0.39 is 11.9 Å². The largest absolute Gasteiger partial charge is 0.462 e. The molecule has 1 aliphatic heterocycles. The molecule has 3 rings (SSSR count). The molecular formula is C19H18N2O4. The van der Waals surface area contributed by atoms with Gasteiger partial charge in [-0.1, -0.05) is 24.3 Å². The molecule has 0 fully saturated rings. The monoisotopic (exact) mass is 338 g/mol. The summed E-state index contributed by atoms with van der Waals surface area (Å²) >= 11 is 0. The minimum absolute atomic E-state index is 0.0837. The highest BCUT2D eigenvalue weighted by Crippen LogP contribution is 2.32. The molecule has 25 heavy (non-hydrogen) atoms. The summed E-state index contributed by atoms with van der Waals surface area (Å²) in [4.78, 5) is 36.3. The van der Waals surface area contributed by atoms with Crippen molar-refractivity contribution in [3.63, 3.8) is 0 Å². The fraction of sp³-hybridized carbons (Fsp3) is 0.211. The van der Waals surface area contributed by atoms with Crippen molar-refractivity contribution in [3.05, 3.63) is 59.7 Å². The maximum atomic E-state index is 12.7. The van der Waals surface area contributed by atoms with Gasteiger partial charge in [0.05, 0.1) is 18.1 Å². The third kappa shape index (κ3) is 3.68. The van der Waals surface area contributed by atoms with Gasteiger partial charge in [0.2, 0.25) is 11.8 Å². The van der Waals surface area contributed by atoms with Gasteiger partial charge in [0.25, 0.3) is 0 Å². The zero-order chi connectivity index (χ0) is 17.8. The van der Waals surface area contributed by atoms with Crippen molar-refractivity contribution in [1.82, 2.24) is 0 Å². The maximum Gasteiger partial charge on any atom is 0.338 e. The topological polar surface area (TPSA) is 84.5 Å². The van der Waals surface area contributed by atoms with Gasteiger partial charge in [-0.05, 0) is 36.8 Å². The van der Waals surface area contributed by atoms with Crippen LogP contribution >= 0.6 is 0 Å². The number of fused-ring (bicyclic) bond motifs is 1. The minimum Gasteiger partial charge on any atom is -0.462 e. The molecule has 2 N–H and O–H groups in total. The third-order valence-electron chi connectivity index (χ3n) is 3.96. The van der Waals surface area contributed by atoms with Gasteiger partial charge in [-0.2, -0.15) is 0 Å². The van der Waals surface area contributed by atoms with E-state index in [4.69, 9.17) is 4.74 Å². The molecule has 6 nitrogen and oxygen atoms in total. The van der Waals surface area contributed by atoms with E-state index in [0.29, 0.717) is 16.9 Å². The van der Waals surface area contributed by atoms with E-state index in [-0.39, 0.29) is 24.8 Å². The number of anilines is 2. The fourth-order valence-electron chi connectivity index (χ4n) is 2.81. The first-order valence-corrected chi connectivity index (χ1v) is 8.05. The highest BCUT2D eigenvalue weighted by molar-refractivity contribution is 6.05. The Labute approximate surface area is 145 Å². The second-order valence-electron chi connectivity index (χ2n) is 5.68. The molecule has 0 aliphatic carbocycles. The van der Waals surface area contributed by atoms with Gasteiger partial charge in [0.1, 0.15) is 0 Å². The summed E-state index contributed by atoms with van der Waals surface area (Å²) in [5.74, 6) is -1.50. The summed E-state index contributed by atoms with van der Waals surface area (Å²) in [5, 5.41) is 5.55.